The van der Waals surface area contributed by atoms with Crippen molar-refractivity contribution in [1.29, 1.82) is 4.78 Å². The molecule has 2 aromatic heterocycles. The number of amides is 1. The second-order valence-corrected chi connectivity index (χ2v) is 11.5. The fourth-order valence-electron chi connectivity index (χ4n) is 4.30. The highest BCUT2D eigenvalue weighted by molar-refractivity contribution is 7.91. The molecule has 1 aliphatic rings. The van der Waals surface area contributed by atoms with Crippen molar-refractivity contribution in [2.45, 2.75) is 48.8 Å². The first-order chi connectivity index (χ1) is 18.9. The van der Waals surface area contributed by atoms with Crippen LogP contribution in [-0.2, 0) is 21.3 Å². The molecule has 0 spiro atoms. The maximum absolute atomic E-state index is 14.9. The molecule has 41 heavy (non-hydrogen) atoms. The zero-order chi connectivity index (χ0) is 30.5. The van der Waals surface area contributed by atoms with Gasteiger partial charge in [0.1, 0.15) is 5.56 Å². The molecule has 17 heteroatoms. The van der Waals surface area contributed by atoms with E-state index in [0.717, 1.165) is 19.2 Å². The van der Waals surface area contributed by atoms with Gasteiger partial charge < -0.3 is 10.1 Å². The Balaban J connectivity index is 1.77. The molecule has 0 radical (unpaired) electrons. The number of nitrogens with zero attached hydrogens (tertiary/aromatic N) is 3. The quantitative estimate of drug-likeness (QED) is 0.307. The predicted molar refractivity (Wildman–Crippen MR) is 127 cm³/mol. The van der Waals surface area contributed by atoms with Gasteiger partial charge in [0, 0.05) is 28.6 Å². The molecule has 0 saturated heterocycles. The number of pyridine rings is 1. The number of carbonyl (C=O) groups excluding carboxylic acids is 1. The highest BCUT2D eigenvalue weighted by atomic mass is 32.2. The van der Waals surface area contributed by atoms with Crippen LogP contribution in [0.1, 0.15) is 46.4 Å². The molecule has 1 amide bonds. The van der Waals surface area contributed by atoms with Crippen LogP contribution >= 0.6 is 0 Å². The first kappa shape index (κ1) is 30.1. The molecule has 8 nitrogen and oxygen atoms in total. The van der Waals surface area contributed by atoms with E-state index in [4.69, 9.17) is 9.52 Å². The Kier molecular flexibility index (Phi) is 7.47. The number of hydrogen-bond donors (Lipinski definition) is 2. The van der Waals surface area contributed by atoms with E-state index in [1.165, 1.54) is 18.2 Å². The van der Waals surface area contributed by atoms with Crippen LogP contribution in [0.4, 0.5) is 40.8 Å². The zero-order valence-corrected chi connectivity index (χ0v) is 21.8. The largest absolute Gasteiger partial charge is 0.435 e. The minimum atomic E-state index is -5.10. The third-order valence-corrected chi connectivity index (χ3v) is 7.76. The highest BCUT2D eigenvalue weighted by Gasteiger charge is 2.61. The van der Waals surface area contributed by atoms with Crippen molar-refractivity contribution in [2.24, 2.45) is 0 Å². The lowest BCUT2D eigenvalue weighted by Gasteiger charge is -2.43. The molecule has 0 bridgehead atoms. The second kappa shape index (κ2) is 10.2. The zero-order valence-electron chi connectivity index (χ0n) is 21.0. The standard InChI is InChI=1S/C24H19F8N5O3S/c1-11-15(19(38)35-12-5-3-6-13(9-12)41(2,33)39)20(37-36-18(11)23(27,28)29)40-21-17(26)16(25)14(10-34-21)22(7-4-8-22)24(30,31)32/h3,5-6,9-10,33H,4,7-8H2,1-2H3,(H,35,38). The number of benzene rings is 1. The monoisotopic (exact) mass is 609 g/mol. The topological polar surface area (TPSA) is 118 Å². The van der Waals surface area contributed by atoms with Crippen LogP contribution in [0.15, 0.2) is 35.4 Å². The average Bonchev–Trinajstić information content (AvgIpc) is 2.80. The summed E-state index contributed by atoms with van der Waals surface area (Å²) >= 11 is 0. The molecule has 4 rings (SSSR count). The summed E-state index contributed by atoms with van der Waals surface area (Å²) in [5.74, 6) is -7.57. The van der Waals surface area contributed by atoms with E-state index in [2.05, 4.69) is 20.5 Å². The molecular weight excluding hydrogens is 590 g/mol. The van der Waals surface area contributed by atoms with Gasteiger partial charge in [0.15, 0.2) is 11.5 Å². The van der Waals surface area contributed by atoms with Gasteiger partial charge in [-0.1, -0.05) is 12.5 Å². The molecule has 1 unspecified atom stereocenters. The number of ether oxygens (including phenoxy) is 1. The average molecular weight is 609 g/mol. The van der Waals surface area contributed by atoms with Gasteiger partial charge >= 0.3 is 12.4 Å². The van der Waals surface area contributed by atoms with Crippen LogP contribution < -0.4 is 10.1 Å². The van der Waals surface area contributed by atoms with E-state index in [-0.39, 0.29) is 17.0 Å². The smallest absolute Gasteiger partial charge is 0.415 e. The lowest BCUT2D eigenvalue weighted by molar-refractivity contribution is -0.213. The van der Waals surface area contributed by atoms with Crippen LogP contribution in [0, 0.1) is 23.3 Å². The van der Waals surface area contributed by atoms with Crippen LogP contribution in [0.5, 0.6) is 11.8 Å². The summed E-state index contributed by atoms with van der Waals surface area (Å²) in [6.07, 6.45) is -9.40. The number of rotatable bonds is 6. The first-order valence-electron chi connectivity index (χ1n) is 11.6. The van der Waals surface area contributed by atoms with E-state index in [1.807, 2.05) is 0 Å². The van der Waals surface area contributed by atoms with Gasteiger partial charge in [0.25, 0.3) is 17.7 Å². The van der Waals surface area contributed by atoms with Crippen LogP contribution in [-0.4, -0.2) is 37.7 Å². The van der Waals surface area contributed by atoms with E-state index >= 15 is 0 Å². The molecule has 1 aliphatic carbocycles. The molecule has 1 fully saturated rings. The minimum Gasteiger partial charge on any atom is -0.415 e. The maximum Gasteiger partial charge on any atom is 0.435 e. The third-order valence-electron chi connectivity index (χ3n) is 6.61. The van der Waals surface area contributed by atoms with E-state index in [9.17, 15) is 44.1 Å². The third kappa shape index (κ3) is 5.54. The number of aromatic nitrogens is 3. The van der Waals surface area contributed by atoms with Gasteiger partial charge in [-0.3, -0.25) is 4.79 Å². The highest BCUT2D eigenvalue weighted by Crippen LogP contribution is 2.55. The van der Waals surface area contributed by atoms with Crippen molar-refractivity contribution < 1.29 is 48.9 Å². The molecule has 2 N–H and O–H groups in total. The summed E-state index contributed by atoms with van der Waals surface area (Å²) < 4.78 is 136. The van der Waals surface area contributed by atoms with Gasteiger partial charge in [-0.15, -0.1) is 10.2 Å². The Labute approximate surface area is 227 Å². The Morgan fingerprint density at radius 1 is 1.07 bits per heavy atom. The summed E-state index contributed by atoms with van der Waals surface area (Å²) in [4.78, 5) is 16.5. The first-order valence-corrected chi connectivity index (χ1v) is 13.5. The van der Waals surface area contributed by atoms with Crippen molar-refractivity contribution in [3.8, 4) is 11.8 Å². The van der Waals surface area contributed by atoms with Crippen LogP contribution in [0.25, 0.3) is 0 Å². The Morgan fingerprint density at radius 3 is 2.27 bits per heavy atom. The molecule has 3 aromatic rings. The fraction of sp³-hybridized carbons (Fsp3) is 0.333. The van der Waals surface area contributed by atoms with Gasteiger partial charge in [-0.25, -0.2) is 18.4 Å². The molecule has 1 saturated carbocycles. The number of hydrogen-bond acceptors (Lipinski definition) is 7. The molecule has 2 heterocycles. The summed E-state index contributed by atoms with van der Waals surface area (Å²) in [6.45, 7) is 0.829. The minimum absolute atomic E-state index is 0.0164. The van der Waals surface area contributed by atoms with Gasteiger partial charge in [-0.05, 0) is 43.5 Å². The van der Waals surface area contributed by atoms with Gasteiger partial charge in [0.05, 0.1) is 15.1 Å². The fourth-order valence-corrected chi connectivity index (χ4v) is 4.99. The summed E-state index contributed by atoms with van der Waals surface area (Å²) in [6, 6.07) is 5.04. The summed E-state index contributed by atoms with van der Waals surface area (Å²) in [5.41, 5.74) is -7.19. The van der Waals surface area contributed by atoms with Crippen molar-refractivity contribution >= 4 is 21.3 Å². The predicted octanol–water partition coefficient (Wildman–Crippen LogP) is 6.54. The number of halogens is 8. The molecular formula is C24H19F8N5O3S. The lowest BCUT2D eigenvalue weighted by atomic mass is 9.64. The van der Waals surface area contributed by atoms with Crippen molar-refractivity contribution in [1.82, 2.24) is 15.2 Å². The normalized spacial score (nSPS) is 16.4. The molecule has 0 aliphatic heterocycles. The summed E-state index contributed by atoms with van der Waals surface area (Å²) in [7, 11) is -3.24. The number of alkyl halides is 6. The maximum atomic E-state index is 14.9. The number of anilines is 1. The van der Waals surface area contributed by atoms with Crippen molar-refractivity contribution in [3.05, 3.63) is 64.5 Å². The molecule has 1 atom stereocenters. The Bertz CT molecular complexity index is 1640. The summed E-state index contributed by atoms with van der Waals surface area (Å²) in [5, 5.41) is 8.39. The van der Waals surface area contributed by atoms with E-state index in [0.29, 0.717) is 6.20 Å². The molecule has 220 valence electrons. The van der Waals surface area contributed by atoms with Gasteiger partial charge in [-0.2, -0.15) is 30.7 Å². The van der Waals surface area contributed by atoms with Crippen LogP contribution in [0.3, 0.4) is 0 Å². The Morgan fingerprint density at radius 2 is 1.73 bits per heavy atom. The molecule has 1 aromatic carbocycles. The van der Waals surface area contributed by atoms with Crippen molar-refractivity contribution in [3.63, 3.8) is 0 Å². The van der Waals surface area contributed by atoms with E-state index < -0.39 is 92.0 Å². The van der Waals surface area contributed by atoms with E-state index in [1.54, 1.807) is 0 Å². The lowest BCUT2D eigenvalue weighted by Crippen LogP contribution is -2.48. The number of carbonyl (C=O) groups is 1. The second-order valence-electron chi connectivity index (χ2n) is 9.32. The van der Waals surface area contributed by atoms with Crippen LogP contribution in [0.2, 0.25) is 0 Å². The Hall–Kier alpha value is -3.89. The van der Waals surface area contributed by atoms with Gasteiger partial charge in [0.2, 0.25) is 5.82 Å². The van der Waals surface area contributed by atoms with Crippen molar-refractivity contribution in [2.75, 3.05) is 11.6 Å². The SMILES string of the molecule is Cc1c(C(F)(F)F)nnc(Oc2ncc(C3(C(F)(F)F)CCC3)c(F)c2F)c1C(=O)Nc1cccc(S(C)(=N)=O)c1. The number of nitrogens with one attached hydrogen (secondary N) is 2.